The van der Waals surface area contributed by atoms with Gasteiger partial charge in [0.05, 0.1) is 23.7 Å². The van der Waals surface area contributed by atoms with E-state index in [1.54, 1.807) is 6.20 Å². The van der Waals surface area contributed by atoms with Crippen molar-refractivity contribution in [3.05, 3.63) is 57.5 Å². The van der Waals surface area contributed by atoms with Crippen LogP contribution in [-0.4, -0.2) is 50.3 Å². The fourth-order valence-corrected chi connectivity index (χ4v) is 5.82. The summed E-state index contributed by atoms with van der Waals surface area (Å²) < 4.78 is 0. The summed E-state index contributed by atoms with van der Waals surface area (Å²) in [5.74, 6) is 1.48. The van der Waals surface area contributed by atoms with Gasteiger partial charge in [0.15, 0.2) is 0 Å². The predicted molar refractivity (Wildman–Crippen MR) is 127 cm³/mol. The normalized spacial score (nSPS) is 22.2. The van der Waals surface area contributed by atoms with E-state index in [4.69, 9.17) is 4.98 Å². The van der Waals surface area contributed by atoms with Crippen LogP contribution in [0.5, 0.6) is 0 Å². The van der Waals surface area contributed by atoms with Gasteiger partial charge in [-0.25, -0.2) is 4.98 Å². The topological polar surface area (TPSA) is 82.2 Å². The molecule has 0 unspecified atom stereocenters. The Morgan fingerprint density at radius 1 is 1.06 bits per heavy atom. The number of likely N-dealkylation sites (tertiary alicyclic amines) is 1. The maximum absolute atomic E-state index is 13.1. The molecule has 7 nitrogen and oxygen atoms in total. The molecule has 2 aliphatic heterocycles. The lowest BCUT2D eigenvalue weighted by Crippen LogP contribution is -2.42. The van der Waals surface area contributed by atoms with E-state index in [1.807, 2.05) is 23.1 Å². The van der Waals surface area contributed by atoms with E-state index in [-0.39, 0.29) is 23.9 Å². The number of H-pyrrole nitrogens is 1. The Hall–Kier alpha value is -2.54. The zero-order chi connectivity index (χ0) is 22.6. The van der Waals surface area contributed by atoms with Gasteiger partial charge in [0.25, 0.3) is 5.56 Å². The van der Waals surface area contributed by atoms with Crippen molar-refractivity contribution in [2.75, 3.05) is 19.6 Å². The van der Waals surface area contributed by atoms with Crippen molar-refractivity contribution in [3.63, 3.8) is 0 Å². The molecule has 5 rings (SSSR count). The first kappa shape index (κ1) is 22.3. The summed E-state index contributed by atoms with van der Waals surface area (Å²) in [6.07, 6.45) is 12.4. The summed E-state index contributed by atoms with van der Waals surface area (Å²) in [6, 6.07) is 5.49. The largest absolute Gasteiger partial charge is 0.332 e. The number of nitrogens with one attached hydrogen (secondary N) is 1. The van der Waals surface area contributed by atoms with E-state index in [1.165, 1.54) is 32.1 Å². The zero-order valence-electron chi connectivity index (χ0n) is 19.5. The standard InChI is InChI=1S/C26H35N5O2/c32-24(16-20-10-4-6-13-27-20)31-14-7-5-11-23(31)25-28-22-12-15-30(18-21(22)26(33)29-25)17-19-8-2-1-3-9-19/h4,6,10,13,19,23H,1-3,5,7-9,11-12,14-18H2,(H,28,29,33)/t23-/m0/s1. The molecule has 7 heteroatoms. The first-order chi connectivity index (χ1) is 16.2. The molecule has 0 spiro atoms. The third-order valence-corrected chi connectivity index (χ3v) is 7.60. The molecule has 2 aromatic rings. The molecule has 1 saturated heterocycles. The number of nitrogens with zero attached hydrogens (tertiary/aromatic N) is 4. The van der Waals surface area contributed by atoms with Gasteiger partial charge in [0.2, 0.25) is 5.91 Å². The Morgan fingerprint density at radius 3 is 2.73 bits per heavy atom. The number of piperidine rings is 1. The van der Waals surface area contributed by atoms with Gasteiger partial charge < -0.3 is 9.88 Å². The smallest absolute Gasteiger partial charge is 0.255 e. The second-order valence-corrected chi connectivity index (χ2v) is 9.96. The SMILES string of the molecule is O=C(Cc1ccccn1)N1CCCC[C@H]1c1nc2c(c(=O)[nH]1)CN(CC1CCCCC1)CC2. The number of hydrogen-bond acceptors (Lipinski definition) is 5. The van der Waals surface area contributed by atoms with Gasteiger partial charge in [-0.05, 0) is 50.2 Å². The number of aromatic nitrogens is 3. The van der Waals surface area contributed by atoms with Crippen molar-refractivity contribution in [1.82, 2.24) is 24.8 Å². The lowest BCUT2D eigenvalue weighted by molar-refractivity contribution is -0.134. The van der Waals surface area contributed by atoms with Crippen molar-refractivity contribution >= 4 is 5.91 Å². The van der Waals surface area contributed by atoms with Gasteiger partial charge in [-0.15, -0.1) is 0 Å². The molecular formula is C26H35N5O2. The molecule has 1 saturated carbocycles. The minimum atomic E-state index is -0.159. The maximum atomic E-state index is 13.1. The summed E-state index contributed by atoms with van der Waals surface area (Å²) in [5, 5.41) is 0. The molecule has 2 fully saturated rings. The van der Waals surface area contributed by atoms with Gasteiger partial charge in [-0.1, -0.05) is 25.3 Å². The number of rotatable bonds is 5. The number of fused-ring (bicyclic) bond motifs is 1. The molecule has 1 amide bonds. The average molecular weight is 450 g/mol. The lowest BCUT2D eigenvalue weighted by Gasteiger charge is -2.36. The first-order valence-electron chi connectivity index (χ1n) is 12.7. The highest BCUT2D eigenvalue weighted by molar-refractivity contribution is 5.78. The van der Waals surface area contributed by atoms with E-state index >= 15 is 0 Å². The molecule has 0 aromatic carbocycles. The Bertz CT molecular complexity index is 1020. The number of aromatic amines is 1. The van der Waals surface area contributed by atoms with Gasteiger partial charge >= 0.3 is 0 Å². The van der Waals surface area contributed by atoms with Crippen LogP contribution >= 0.6 is 0 Å². The Morgan fingerprint density at radius 2 is 1.91 bits per heavy atom. The van der Waals surface area contributed by atoms with Crippen LogP contribution in [0.3, 0.4) is 0 Å². The number of pyridine rings is 1. The van der Waals surface area contributed by atoms with Gasteiger partial charge in [0.1, 0.15) is 5.82 Å². The van der Waals surface area contributed by atoms with E-state index in [0.29, 0.717) is 18.9 Å². The molecule has 33 heavy (non-hydrogen) atoms. The van der Waals surface area contributed by atoms with Crippen molar-refractivity contribution in [3.8, 4) is 0 Å². The molecular weight excluding hydrogens is 414 g/mol. The van der Waals surface area contributed by atoms with Crippen molar-refractivity contribution in [2.45, 2.75) is 76.8 Å². The average Bonchev–Trinajstić information content (AvgIpc) is 2.85. The zero-order valence-corrected chi connectivity index (χ0v) is 19.5. The van der Waals surface area contributed by atoms with Gasteiger partial charge in [-0.3, -0.25) is 19.5 Å². The summed E-state index contributed by atoms with van der Waals surface area (Å²) >= 11 is 0. The molecule has 4 heterocycles. The monoisotopic (exact) mass is 449 g/mol. The van der Waals surface area contributed by atoms with Gasteiger partial charge in [0, 0.05) is 44.5 Å². The van der Waals surface area contributed by atoms with Crippen molar-refractivity contribution < 1.29 is 4.79 Å². The summed E-state index contributed by atoms with van der Waals surface area (Å²) in [4.78, 5) is 42.9. The molecule has 0 bridgehead atoms. The van der Waals surface area contributed by atoms with E-state index in [0.717, 1.165) is 61.6 Å². The fourth-order valence-electron chi connectivity index (χ4n) is 5.82. The quantitative estimate of drug-likeness (QED) is 0.757. The highest BCUT2D eigenvalue weighted by Crippen LogP contribution is 2.30. The van der Waals surface area contributed by atoms with Crippen LogP contribution in [0, 0.1) is 5.92 Å². The Kier molecular flexibility index (Phi) is 6.85. The molecule has 1 aliphatic carbocycles. The number of amides is 1. The van der Waals surface area contributed by atoms with Crippen molar-refractivity contribution in [1.29, 1.82) is 0 Å². The van der Waals surface area contributed by atoms with E-state index < -0.39 is 0 Å². The molecule has 1 atom stereocenters. The van der Waals surface area contributed by atoms with Crippen molar-refractivity contribution in [2.24, 2.45) is 5.92 Å². The van der Waals surface area contributed by atoms with Crippen LogP contribution < -0.4 is 5.56 Å². The van der Waals surface area contributed by atoms with Crippen LogP contribution in [0.4, 0.5) is 0 Å². The number of carbonyl (C=O) groups is 1. The van der Waals surface area contributed by atoms with Crippen LogP contribution in [0.2, 0.25) is 0 Å². The van der Waals surface area contributed by atoms with Gasteiger partial charge in [-0.2, -0.15) is 0 Å². The van der Waals surface area contributed by atoms with Crippen LogP contribution in [0.25, 0.3) is 0 Å². The van der Waals surface area contributed by atoms with E-state index in [9.17, 15) is 9.59 Å². The summed E-state index contributed by atoms with van der Waals surface area (Å²) in [6.45, 7) is 3.46. The highest BCUT2D eigenvalue weighted by Gasteiger charge is 2.32. The molecule has 0 radical (unpaired) electrons. The molecule has 2 aromatic heterocycles. The summed E-state index contributed by atoms with van der Waals surface area (Å²) in [7, 11) is 0. The van der Waals surface area contributed by atoms with Crippen LogP contribution in [-0.2, 0) is 24.2 Å². The highest BCUT2D eigenvalue weighted by atomic mass is 16.2. The first-order valence-corrected chi connectivity index (χ1v) is 12.7. The summed E-state index contributed by atoms with van der Waals surface area (Å²) in [5.41, 5.74) is 2.50. The van der Waals surface area contributed by atoms with Crippen LogP contribution in [0.1, 0.15) is 80.2 Å². The lowest BCUT2D eigenvalue weighted by atomic mass is 9.88. The molecule has 1 N–H and O–H groups in total. The minimum absolute atomic E-state index is 0.0222. The third-order valence-electron chi connectivity index (χ3n) is 7.60. The second-order valence-electron chi connectivity index (χ2n) is 9.96. The maximum Gasteiger partial charge on any atom is 0.255 e. The minimum Gasteiger partial charge on any atom is -0.332 e. The number of hydrogen-bond donors (Lipinski definition) is 1. The molecule has 176 valence electrons. The van der Waals surface area contributed by atoms with Crippen LogP contribution in [0.15, 0.2) is 29.2 Å². The van der Waals surface area contributed by atoms with E-state index in [2.05, 4.69) is 14.9 Å². The predicted octanol–water partition coefficient (Wildman–Crippen LogP) is 3.40. The Balaban J connectivity index is 1.31. The Labute approximate surface area is 195 Å². The number of carbonyl (C=O) groups excluding carboxylic acids is 1. The third kappa shape index (κ3) is 5.18. The molecule has 3 aliphatic rings. The fraction of sp³-hybridized carbons (Fsp3) is 0.615. The second kappa shape index (κ2) is 10.2.